The number of anilines is 2. The summed E-state index contributed by atoms with van der Waals surface area (Å²) in [7, 11) is 0. The molecule has 21 heavy (non-hydrogen) atoms. The highest BCUT2D eigenvalue weighted by atomic mass is 19.1. The molecule has 0 aliphatic carbocycles. The van der Waals surface area contributed by atoms with E-state index in [-0.39, 0.29) is 11.8 Å². The number of nitrogen functional groups attached to an aromatic ring is 1. The molecule has 1 saturated heterocycles. The number of hydrogen-bond donors (Lipinski definition) is 1. The van der Waals surface area contributed by atoms with Crippen molar-refractivity contribution in [1.29, 1.82) is 0 Å². The Bertz CT molecular complexity index is 636. The summed E-state index contributed by atoms with van der Waals surface area (Å²) in [6.07, 6.45) is 3.81. The summed E-state index contributed by atoms with van der Waals surface area (Å²) in [6, 6.07) is 6.97. The van der Waals surface area contributed by atoms with E-state index in [4.69, 9.17) is 5.73 Å². The first-order chi connectivity index (χ1) is 10.1. The Kier molecular flexibility index (Phi) is 3.73. The van der Waals surface area contributed by atoms with Gasteiger partial charge in [-0.3, -0.25) is 0 Å². The number of benzene rings is 1. The molecule has 4 nitrogen and oxygen atoms in total. The van der Waals surface area contributed by atoms with Crippen molar-refractivity contribution in [1.82, 2.24) is 9.97 Å². The molecule has 0 spiro atoms. The lowest BCUT2D eigenvalue weighted by molar-refractivity contribution is 0.434. The van der Waals surface area contributed by atoms with Crippen LogP contribution in [0.1, 0.15) is 19.8 Å². The van der Waals surface area contributed by atoms with E-state index in [1.807, 2.05) is 12.1 Å². The van der Waals surface area contributed by atoms with Gasteiger partial charge in [-0.2, -0.15) is 0 Å². The molecule has 0 radical (unpaired) electrons. The van der Waals surface area contributed by atoms with E-state index < -0.39 is 0 Å². The molecule has 110 valence electrons. The fraction of sp³-hybridized carbons (Fsp3) is 0.375. The highest BCUT2D eigenvalue weighted by Gasteiger charge is 2.19. The monoisotopic (exact) mass is 286 g/mol. The van der Waals surface area contributed by atoms with Crippen molar-refractivity contribution in [2.75, 3.05) is 23.7 Å². The SMILES string of the molecule is CC1CCN(c2ccc(-c3ccnc(N)n3)cc2F)CC1. The number of hydrogen-bond acceptors (Lipinski definition) is 4. The average Bonchev–Trinajstić information content (AvgIpc) is 2.48. The van der Waals surface area contributed by atoms with E-state index in [2.05, 4.69) is 21.8 Å². The zero-order valence-electron chi connectivity index (χ0n) is 12.1. The summed E-state index contributed by atoms with van der Waals surface area (Å²) < 4.78 is 14.4. The molecule has 1 aliphatic rings. The minimum atomic E-state index is -0.209. The zero-order chi connectivity index (χ0) is 14.8. The second-order valence-electron chi connectivity index (χ2n) is 5.64. The van der Waals surface area contributed by atoms with Gasteiger partial charge in [0.2, 0.25) is 5.95 Å². The molecule has 0 saturated carbocycles. The Morgan fingerprint density at radius 3 is 2.67 bits per heavy atom. The van der Waals surface area contributed by atoms with Crippen molar-refractivity contribution in [3.05, 3.63) is 36.3 Å². The molecule has 1 aromatic heterocycles. The van der Waals surface area contributed by atoms with Gasteiger partial charge in [0.15, 0.2) is 0 Å². The number of halogens is 1. The fourth-order valence-corrected chi connectivity index (χ4v) is 2.71. The normalized spacial score (nSPS) is 16.2. The topological polar surface area (TPSA) is 55.0 Å². The van der Waals surface area contributed by atoms with Crippen LogP contribution in [0.15, 0.2) is 30.5 Å². The van der Waals surface area contributed by atoms with Crippen LogP contribution in [0, 0.1) is 11.7 Å². The van der Waals surface area contributed by atoms with Gasteiger partial charge in [0.05, 0.1) is 11.4 Å². The van der Waals surface area contributed by atoms with Crippen LogP contribution >= 0.6 is 0 Å². The minimum absolute atomic E-state index is 0.196. The summed E-state index contributed by atoms with van der Waals surface area (Å²) >= 11 is 0. The van der Waals surface area contributed by atoms with Crippen LogP contribution in [0.25, 0.3) is 11.3 Å². The smallest absolute Gasteiger partial charge is 0.220 e. The van der Waals surface area contributed by atoms with Gasteiger partial charge in [0.25, 0.3) is 0 Å². The van der Waals surface area contributed by atoms with E-state index in [9.17, 15) is 4.39 Å². The zero-order valence-corrected chi connectivity index (χ0v) is 12.1. The quantitative estimate of drug-likeness (QED) is 0.921. The molecule has 0 bridgehead atoms. The van der Waals surface area contributed by atoms with Crippen LogP contribution in [0.4, 0.5) is 16.0 Å². The molecule has 2 heterocycles. The summed E-state index contributed by atoms with van der Waals surface area (Å²) in [6.45, 7) is 4.08. The van der Waals surface area contributed by atoms with Crippen molar-refractivity contribution in [2.45, 2.75) is 19.8 Å². The first-order valence-corrected chi connectivity index (χ1v) is 7.27. The van der Waals surface area contributed by atoms with Gasteiger partial charge in [-0.15, -0.1) is 0 Å². The van der Waals surface area contributed by atoms with Crippen LogP contribution in [-0.2, 0) is 0 Å². The molecule has 2 aromatic rings. The van der Waals surface area contributed by atoms with Crippen LogP contribution < -0.4 is 10.6 Å². The summed E-state index contributed by atoms with van der Waals surface area (Å²) in [5.74, 6) is 0.716. The first kappa shape index (κ1) is 13.8. The van der Waals surface area contributed by atoms with Crippen molar-refractivity contribution in [2.24, 2.45) is 5.92 Å². The second kappa shape index (κ2) is 5.68. The van der Waals surface area contributed by atoms with Crippen molar-refractivity contribution >= 4 is 11.6 Å². The molecule has 0 unspecified atom stereocenters. The van der Waals surface area contributed by atoms with Gasteiger partial charge in [-0.1, -0.05) is 13.0 Å². The Morgan fingerprint density at radius 2 is 2.00 bits per heavy atom. The standard InChI is InChI=1S/C16H19FN4/c1-11-5-8-21(9-6-11)15-3-2-12(10-13(15)17)14-4-7-19-16(18)20-14/h2-4,7,10-11H,5-6,8-9H2,1H3,(H2,18,19,20). The molecular formula is C16H19FN4. The largest absolute Gasteiger partial charge is 0.369 e. The maximum absolute atomic E-state index is 14.4. The second-order valence-corrected chi connectivity index (χ2v) is 5.64. The Labute approximate surface area is 123 Å². The van der Waals surface area contributed by atoms with Gasteiger partial charge in [-0.05, 0) is 37.0 Å². The average molecular weight is 286 g/mol. The molecule has 1 aromatic carbocycles. The van der Waals surface area contributed by atoms with Crippen molar-refractivity contribution in [3.8, 4) is 11.3 Å². The van der Waals surface area contributed by atoms with Gasteiger partial charge in [-0.25, -0.2) is 14.4 Å². The molecular weight excluding hydrogens is 267 g/mol. The Morgan fingerprint density at radius 1 is 1.24 bits per heavy atom. The highest BCUT2D eigenvalue weighted by Crippen LogP contribution is 2.28. The Hall–Kier alpha value is -2.17. The number of rotatable bonds is 2. The number of piperidine rings is 1. The van der Waals surface area contributed by atoms with Crippen molar-refractivity contribution < 1.29 is 4.39 Å². The lowest BCUT2D eigenvalue weighted by atomic mass is 9.98. The lowest BCUT2D eigenvalue weighted by Gasteiger charge is -2.32. The summed E-state index contributed by atoms with van der Waals surface area (Å²) in [5.41, 5.74) is 7.60. The lowest BCUT2D eigenvalue weighted by Crippen LogP contribution is -2.33. The fourth-order valence-electron chi connectivity index (χ4n) is 2.71. The highest BCUT2D eigenvalue weighted by molar-refractivity contribution is 5.64. The van der Waals surface area contributed by atoms with Gasteiger partial charge in [0.1, 0.15) is 5.82 Å². The third kappa shape index (κ3) is 2.96. The van der Waals surface area contributed by atoms with Crippen LogP contribution in [0.5, 0.6) is 0 Å². The first-order valence-electron chi connectivity index (χ1n) is 7.27. The van der Waals surface area contributed by atoms with E-state index >= 15 is 0 Å². The number of nitrogens with two attached hydrogens (primary N) is 1. The Balaban J connectivity index is 1.86. The predicted octanol–water partition coefficient (Wildman–Crippen LogP) is 3.10. The number of nitrogens with zero attached hydrogens (tertiary/aromatic N) is 3. The third-order valence-corrected chi connectivity index (χ3v) is 4.04. The molecule has 5 heteroatoms. The maximum Gasteiger partial charge on any atom is 0.220 e. The maximum atomic E-state index is 14.4. The summed E-state index contributed by atoms with van der Waals surface area (Å²) in [5, 5.41) is 0. The predicted molar refractivity (Wildman–Crippen MR) is 82.4 cm³/mol. The minimum Gasteiger partial charge on any atom is -0.369 e. The molecule has 2 N–H and O–H groups in total. The van der Waals surface area contributed by atoms with E-state index in [0.29, 0.717) is 11.4 Å². The van der Waals surface area contributed by atoms with Crippen LogP contribution in [0.2, 0.25) is 0 Å². The molecule has 3 rings (SSSR count). The van der Waals surface area contributed by atoms with Gasteiger partial charge in [0, 0.05) is 24.8 Å². The van der Waals surface area contributed by atoms with E-state index in [1.165, 1.54) is 6.07 Å². The molecule has 1 aliphatic heterocycles. The van der Waals surface area contributed by atoms with Crippen molar-refractivity contribution in [3.63, 3.8) is 0 Å². The number of aromatic nitrogens is 2. The third-order valence-electron chi connectivity index (χ3n) is 4.04. The molecule has 0 atom stereocenters. The molecule has 1 fully saturated rings. The van der Waals surface area contributed by atoms with Crippen LogP contribution in [0.3, 0.4) is 0 Å². The molecule has 0 amide bonds. The van der Waals surface area contributed by atoms with E-state index in [0.717, 1.165) is 37.4 Å². The van der Waals surface area contributed by atoms with Gasteiger partial charge < -0.3 is 10.6 Å². The van der Waals surface area contributed by atoms with E-state index in [1.54, 1.807) is 12.3 Å². The van der Waals surface area contributed by atoms with Crippen LogP contribution in [-0.4, -0.2) is 23.1 Å². The summed E-state index contributed by atoms with van der Waals surface area (Å²) in [4.78, 5) is 10.1. The van der Waals surface area contributed by atoms with Gasteiger partial charge >= 0.3 is 0 Å².